The molecule has 4 heteroatoms. The van der Waals surface area contributed by atoms with Crippen LogP contribution < -0.4 is 14.5 Å². The molecule has 22 heavy (non-hydrogen) atoms. The molecule has 2 aromatic carbocycles. The van der Waals surface area contributed by atoms with Crippen molar-refractivity contribution in [2.45, 2.75) is 5.92 Å². The average molecular weight is 293 g/mol. The monoisotopic (exact) mass is 293 g/mol. The molecule has 0 spiro atoms. The Labute approximate surface area is 131 Å². The highest BCUT2D eigenvalue weighted by Gasteiger charge is 2.28. The van der Waals surface area contributed by atoms with Gasteiger partial charge in [0.1, 0.15) is 17.4 Å². The topological polar surface area (TPSA) is 39.5 Å². The first-order valence-electron chi connectivity index (χ1n) is 7.21. The lowest BCUT2D eigenvalue weighted by Crippen LogP contribution is -2.14. The van der Waals surface area contributed by atoms with Crippen LogP contribution in [0.25, 0.3) is 0 Å². The van der Waals surface area contributed by atoms with Crippen LogP contribution >= 0.6 is 0 Å². The summed E-state index contributed by atoms with van der Waals surface area (Å²) in [7, 11) is 7.96. The van der Waals surface area contributed by atoms with Crippen LogP contribution in [0.4, 0.5) is 11.4 Å². The number of hydrogen-bond donors (Lipinski definition) is 0. The molecule has 0 radical (unpaired) electrons. The van der Waals surface area contributed by atoms with E-state index in [2.05, 4.69) is 6.07 Å². The van der Waals surface area contributed by atoms with Gasteiger partial charge in [-0.25, -0.2) is 0 Å². The molecule has 0 N–H and O–H groups in total. The van der Waals surface area contributed by atoms with Crippen molar-refractivity contribution in [3.8, 4) is 17.6 Å². The lowest BCUT2D eigenvalue weighted by molar-refractivity contribution is 0.455. The fraction of sp³-hybridized carbons (Fsp3) is 0.278. The van der Waals surface area contributed by atoms with E-state index in [0.717, 1.165) is 34.0 Å². The second-order valence-electron chi connectivity index (χ2n) is 5.90. The molecule has 4 nitrogen and oxygen atoms in total. The van der Waals surface area contributed by atoms with E-state index in [4.69, 9.17) is 4.74 Å². The average Bonchev–Trinajstić information content (AvgIpc) is 2.51. The number of nitriles is 1. The lowest BCUT2D eigenvalue weighted by atomic mass is 9.88. The summed E-state index contributed by atoms with van der Waals surface area (Å²) >= 11 is 0. The van der Waals surface area contributed by atoms with Crippen molar-refractivity contribution in [2.75, 3.05) is 38.0 Å². The summed E-state index contributed by atoms with van der Waals surface area (Å²) in [5.74, 6) is 1.23. The van der Waals surface area contributed by atoms with Gasteiger partial charge in [-0.3, -0.25) is 0 Å². The summed E-state index contributed by atoms with van der Waals surface area (Å²) in [5.41, 5.74) is 3.98. The number of fused-ring (bicyclic) bond motifs is 2. The minimum absolute atomic E-state index is 0.296. The quantitative estimate of drug-likeness (QED) is 0.848. The summed E-state index contributed by atoms with van der Waals surface area (Å²) in [6.45, 7) is 0. The Bertz CT molecular complexity index is 759. The third-order valence-corrected chi connectivity index (χ3v) is 3.99. The summed E-state index contributed by atoms with van der Waals surface area (Å²) in [6.07, 6.45) is 0. The summed E-state index contributed by atoms with van der Waals surface area (Å²) in [5, 5.41) is 9.66. The predicted molar refractivity (Wildman–Crippen MR) is 89.1 cm³/mol. The van der Waals surface area contributed by atoms with Crippen molar-refractivity contribution in [2.24, 2.45) is 0 Å². The van der Waals surface area contributed by atoms with Crippen molar-refractivity contribution >= 4 is 11.4 Å². The van der Waals surface area contributed by atoms with Gasteiger partial charge in [-0.2, -0.15) is 5.26 Å². The van der Waals surface area contributed by atoms with Crippen molar-refractivity contribution in [3.05, 3.63) is 47.5 Å². The highest BCUT2D eigenvalue weighted by atomic mass is 16.5. The number of ether oxygens (including phenoxy) is 1. The Hall–Kier alpha value is -2.67. The summed E-state index contributed by atoms with van der Waals surface area (Å²) < 4.78 is 6.04. The Kier molecular flexibility index (Phi) is 3.42. The fourth-order valence-electron chi connectivity index (χ4n) is 2.69. The Morgan fingerprint density at radius 2 is 1.50 bits per heavy atom. The molecule has 0 aliphatic carbocycles. The summed E-state index contributed by atoms with van der Waals surface area (Å²) in [6, 6.07) is 14.4. The smallest absolute Gasteiger partial charge is 0.134 e. The third-order valence-electron chi connectivity index (χ3n) is 3.99. The third kappa shape index (κ3) is 2.25. The zero-order valence-corrected chi connectivity index (χ0v) is 13.3. The maximum atomic E-state index is 9.66. The molecule has 0 amide bonds. The van der Waals surface area contributed by atoms with Gasteiger partial charge in [0.2, 0.25) is 0 Å². The molecule has 1 aliphatic heterocycles. The molecule has 2 aromatic rings. The van der Waals surface area contributed by atoms with Gasteiger partial charge in [-0.1, -0.05) is 6.07 Å². The molecular weight excluding hydrogens is 274 g/mol. The van der Waals surface area contributed by atoms with E-state index in [9.17, 15) is 5.26 Å². The molecule has 112 valence electrons. The van der Waals surface area contributed by atoms with Crippen molar-refractivity contribution in [1.29, 1.82) is 5.26 Å². The fourth-order valence-corrected chi connectivity index (χ4v) is 2.69. The van der Waals surface area contributed by atoms with E-state index < -0.39 is 0 Å². The largest absolute Gasteiger partial charge is 0.457 e. The van der Waals surface area contributed by atoms with Crippen LogP contribution in [-0.2, 0) is 0 Å². The van der Waals surface area contributed by atoms with Crippen LogP contribution in [0.3, 0.4) is 0 Å². The van der Waals surface area contributed by atoms with Gasteiger partial charge in [-0.15, -0.1) is 0 Å². The highest BCUT2D eigenvalue weighted by molar-refractivity contribution is 5.64. The molecule has 1 aliphatic rings. The molecular formula is C18H19N3O. The first kappa shape index (κ1) is 14.3. The van der Waals surface area contributed by atoms with Crippen LogP contribution in [0, 0.1) is 11.3 Å². The second kappa shape index (κ2) is 5.27. The summed E-state index contributed by atoms with van der Waals surface area (Å²) in [4.78, 5) is 4.05. The van der Waals surface area contributed by atoms with Crippen LogP contribution in [-0.4, -0.2) is 28.2 Å². The van der Waals surface area contributed by atoms with Gasteiger partial charge in [0.25, 0.3) is 0 Å². The molecule has 0 aromatic heterocycles. The maximum Gasteiger partial charge on any atom is 0.134 e. The van der Waals surface area contributed by atoms with Crippen LogP contribution in [0.15, 0.2) is 36.4 Å². The number of anilines is 2. The zero-order chi connectivity index (χ0) is 15.9. The Morgan fingerprint density at radius 1 is 0.864 bits per heavy atom. The molecule has 0 saturated heterocycles. The second-order valence-corrected chi connectivity index (χ2v) is 5.90. The standard InChI is InChI=1S/C18H19N3O/c1-20(2)12-6-8-17-15(9-12)16(11-19)14-7-5-13(21(3)4)10-18(14)22-17/h5-10,16H,1-4H3. The number of nitrogens with zero attached hydrogens (tertiary/aromatic N) is 3. The van der Waals surface area contributed by atoms with Crippen LogP contribution in [0.1, 0.15) is 17.0 Å². The molecule has 1 heterocycles. The van der Waals surface area contributed by atoms with Gasteiger partial charge in [0.05, 0.1) is 6.07 Å². The van der Waals surface area contributed by atoms with E-state index in [-0.39, 0.29) is 5.92 Å². The van der Waals surface area contributed by atoms with Gasteiger partial charge in [0, 0.05) is 56.8 Å². The van der Waals surface area contributed by atoms with E-state index in [0.29, 0.717) is 0 Å². The first-order chi connectivity index (χ1) is 10.5. The normalized spacial score (nSPS) is 15.1. The number of rotatable bonds is 2. The molecule has 1 unspecified atom stereocenters. The molecule has 3 rings (SSSR count). The van der Waals surface area contributed by atoms with Crippen LogP contribution in [0.5, 0.6) is 11.5 Å². The SMILES string of the molecule is CN(C)c1ccc2c(c1)Oc1ccc(N(C)C)cc1C2C#N. The van der Waals surface area contributed by atoms with Gasteiger partial charge in [-0.05, 0) is 24.3 Å². The number of benzene rings is 2. The van der Waals surface area contributed by atoms with E-state index in [1.807, 2.05) is 74.4 Å². The molecule has 0 bridgehead atoms. The Morgan fingerprint density at radius 3 is 2.14 bits per heavy atom. The molecule has 0 saturated carbocycles. The van der Waals surface area contributed by atoms with Crippen molar-refractivity contribution in [1.82, 2.24) is 0 Å². The van der Waals surface area contributed by atoms with Gasteiger partial charge in [0.15, 0.2) is 0 Å². The Balaban J connectivity index is 2.12. The highest BCUT2D eigenvalue weighted by Crippen LogP contribution is 2.46. The minimum atomic E-state index is -0.296. The zero-order valence-electron chi connectivity index (χ0n) is 13.3. The first-order valence-corrected chi connectivity index (χ1v) is 7.21. The van der Waals surface area contributed by atoms with E-state index >= 15 is 0 Å². The molecule has 0 fully saturated rings. The van der Waals surface area contributed by atoms with Gasteiger partial charge < -0.3 is 14.5 Å². The van der Waals surface area contributed by atoms with E-state index in [1.165, 1.54) is 0 Å². The lowest BCUT2D eigenvalue weighted by Gasteiger charge is -2.27. The van der Waals surface area contributed by atoms with Crippen LogP contribution in [0.2, 0.25) is 0 Å². The predicted octanol–water partition coefficient (Wildman–Crippen LogP) is 3.58. The van der Waals surface area contributed by atoms with E-state index in [1.54, 1.807) is 0 Å². The minimum Gasteiger partial charge on any atom is -0.457 e. The molecule has 1 atom stereocenters. The van der Waals surface area contributed by atoms with Gasteiger partial charge >= 0.3 is 0 Å². The number of hydrogen-bond acceptors (Lipinski definition) is 4. The van der Waals surface area contributed by atoms with Crippen molar-refractivity contribution < 1.29 is 4.74 Å². The van der Waals surface area contributed by atoms with Crippen molar-refractivity contribution in [3.63, 3.8) is 0 Å². The maximum absolute atomic E-state index is 9.66.